The molecule has 0 radical (unpaired) electrons. The zero-order valence-electron chi connectivity index (χ0n) is 20.9. The molecule has 0 unspecified atom stereocenters. The maximum Gasteiger partial charge on any atom is 0.469 e. The highest BCUT2D eigenvalue weighted by molar-refractivity contribution is 7.46. The fraction of sp³-hybridized carbons (Fsp3) is 1.00. The molecule has 0 aromatic rings. The number of rotatable bonds is 22. The Morgan fingerprint density at radius 3 is 1.35 bits per heavy atom. The highest BCUT2D eigenvalue weighted by atomic mass is 31.2. The lowest BCUT2D eigenvalue weighted by atomic mass is 10.1. The Morgan fingerprint density at radius 2 is 1.00 bits per heavy atom. The molecular weight excluding hydrogens is 413 g/mol. The molecule has 0 atom stereocenters. The Bertz CT molecular complexity index is 371. The van der Waals surface area contributed by atoms with E-state index < -0.39 is 7.82 Å². The van der Waals surface area contributed by atoms with Crippen LogP contribution in [0.25, 0.3) is 0 Å². The van der Waals surface area contributed by atoms with Gasteiger partial charge in [0.05, 0.1) is 13.2 Å². The zero-order valence-corrected chi connectivity index (χ0v) is 21.8. The molecule has 0 saturated heterocycles. The van der Waals surface area contributed by atoms with Crippen LogP contribution in [-0.2, 0) is 9.09 Å². The fourth-order valence-corrected chi connectivity index (χ4v) is 3.73. The van der Waals surface area contributed by atoms with Crippen LogP contribution in [0.5, 0.6) is 0 Å². The Kier molecular flexibility index (Phi) is 28.2. The van der Waals surface area contributed by atoms with Crippen molar-refractivity contribution in [3.8, 4) is 0 Å². The van der Waals surface area contributed by atoms with Gasteiger partial charge in [-0.1, -0.05) is 104 Å². The van der Waals surface area contributed by atoms with Crippen molar-refractivity contribution >= 4 is 7.82 Å². The van der Waals surface area contributed by atoms with Crippen LogP contribution in [0, 0.1) is 0 Å². The Balaban J connectivity index is 0. The van der Waals surface area contributed by atoms with Gasteiger partial charge in [0.25, 0.3) is 0 Å². The smallest absolute Gasteiger partial charge is 0.395 e. The summed E-state index contributed by atoms with van der Waals surface area (Å²) < 4.78 is 14.8. The maximum atomic E-state index is 10.4. The van der Waals surface area contributed by atoms with Crippen LogP contribution in [0.15, 0.2) is 0 Å². The topological polar surface area (TPSA) is 90.2 Å². The molecule has 0 bridgehead atoms. The second kappa shape index (κ2) is 26.3. The average molecular weight is 468 g/mol. The summed E-state index contributed by atoms with van der Waals surface area (Å²) in [4.78, 5) is 19.3. The Hall–Kier alpha value is 0.0300. The standard InChI is InChI=1S/C14H31O4P.C10H23NO/c1-2-3-4-5-6-7-8-9-10-11-12-13-14-18-19(15,16)17;1-3-5-7-11(9-10-12)8-6-4-2/h2-14H2,1H3,(H2,15,16,17);12H,3-10H2,1-2H3. The summed E-state index contributed by atoms with van der Waals surface area (Å²) in [6, 6.07) is 0. The average Bonchev–Trinajstić information content (AvgIpc) is 2.73. The van der Waals surface area contributed by atoms with E-state index >= 15 is 0 Å². The number of nitrogens with zero attached hydrogens (tertiary/aromatic N) is 1. The van der Waals surface area contributed by atoms with E-state index in [0.29, 0.717) is 6.61 Å². The van der Waals surface area contributed by atoms with E-state index in [0.717, 1.165) is 38.9 Å². The van der Waals surface area contributed by atoms with Crippen molar-refractivity contribution in [3.05, 3.63) is 0 Å². The molecule has 7 heteroatoms. The molecule has 190 valence electrons. The summed E-state index contributed by atoms with van der Waals surface area (Å²) in [5, 5.41) is 8.79. The molecule has 0 saturated carbocycles. The minimum absolute atomic E-state index is 0.168. The van der Waals surface area contributed by atoms with Crippen LogP contribution in [-0.4, -0.2) is 52.6 Å². The number of unbranched alkanes of at least 4 members (excludes halogenated alkanes) is 13. The normalized spacial score (nSPS) is 11.6. The highest BCUT2D eigenvalue weighted by Crippen LogP contribution is 2.35. The van der Waals surface area contributed by atoms with Crippen molar-refractivity contribution in [2.45, 2.75) is 124 Å². The Labute approximate surface area is 193 Å². The van der Waals surface area contributed by atoms with Crippen molar-refractivity contribution in [2.24, 2.45) is 0 Å². The van der Waals surface area contributed by atoms with E-state index in [2.05, 4.69) is 30.2 Å². The number of aliphatic hydroxyl groups excluding tert-OH is 1. The van der Waals surface area contributed by atoms with Crippen LogP contribution in [0.3, 0.4) is 0 Å². The lowest BCUT2D eigenvalue weighted by Crippen LogP contribution is -2.28. The van der Waals surface area contributed by atoms with Crippen LogP contribution >= 0.6 is 7.82 Å². The molecule has 0 amide bonds. The van der Waals surface area contributed by atoms with Gasteiger partial charge < -0.3 is 19.8 Å². The summed E-state index contributed by atoms with van der Waals surface area (Å²) in [7, 11) is -4.25. The lowest BCUT2D eigenvalue weighted by Gasteiger charge is -2.20. The molecular formula is C24H54NO5P. The van der Waals surface area contributed by atoms with Crippen molar-refractivity contribution in [1.29, 1.82) is 0 Å². The second-order valence-corrected chi connectivity index (χ2v) is 9.72. The molecule has 0 heterocycles. The number of aliphatic hydroxyl groups is 1. The van der Waals surface area contributed by atoms with Crippen molar-refractivity contribution in [2.75, 3.05) is 32.8 Å². The number of phosphoric ester groups is 1. The lowest BCUT2D eigenvalue weighted by molar-refractivity contribution is 0.192. The van der Waals surface area contributed by atoms with E-state index in [9.17, 15) is 4.57 Å². The molecule has 0 aliphatic rings. The quantitative estimate of drug-likeness (QED) is 0.122. The summed E-state index contributed by atoms with van der Waals surface area (Å²) >= 11 is 0. The molecule has 0 aliphatic carbocycles. The molecule has 6 nitrogen and oxygen atoms in total. The van der Waals surface area contributed by atoms with Gasteiger partial charge in [-0.25, -0.2) is 4.57 Å². The first kappa shape index (κ1) is 33.2. The summed E-state index contributed by atoms with van der Waals surface area (Å²) in [5.74, 6) is 0. The predicted molar refractivity (Wildman–Crippen MR) is 132 cm³/mol. The van der Waals surface area contributed by atoms with Crippen LogP contribution < -0.4 is 0 Å². The number of hydrogen-bond acceptors (Lipinski definition) is 4. The van der Waals surface area contributed by atoms with E-state index in [-0.39, 0.29) is 6.61 Å². The summed E-state index contributed by atoms with van der Waals surface area (Å²) in [6.07, 6.45) is 19.9. The van der Waals surface area contributed by atoms with Crippen molar-refractivity contribution < 1.29 is 24.0 Å². The largest absolute Gasteiger partial charge is 0.469 e. The first-order chi connectivity index (χ1) is 14.9. The van der Waals surface area contributed by atoms with Gasteiger partial charge in [-0.05, 0) is 32.4 Å². The summed E-state index contributed by atoms with van der Waals surface area (Å²) in [6.45, 7) is 10.3. The molecule has 0 fully saturated rings. The van der Waals surface area contributed by atoms with Gasteiger partial charge in [0.1, 0.15) is 0 Å². The molecule has 0 rings (SSSR count). The molecule has 0 aromatic carbocycles. The van der Waals surface area contributed by atoms with Gasteiger partial charge in [0.15, 0.2) is 0 Å². The minimum Gasteiger partial charge on any atom is -0.395 e. The Morgan fingerprint density at radius 1 is 0.613 bits per heavy atom. The molecule has 3 N–H and O–H groups in total. The number of hydrogen-bond donors (Lipinski definition) is 3. The van der Waals surface area contributed by atoms with Gasteiger partial charge in [-0.3, -0.25) is 4.52 Å². The SMILES string of the molecule is CCCCCCCCCCCCCCOP(=O)(O)O.CCCCN(CCO)CCCC. The maximum absolute atomic E-state index is 10.4. The monoisotopic (exact) mass is 467 g/mol. The molecule has 31 heavy (non-hydrogen) atoms. The van der Waals surface area contributed by atoms with Crippen LogP contribution in [0.4, 0.5) is 0 Å². The first-order valence-electron chi connectivity index (χ1n) is 12.9. The third-order valence-electron chi connectivity index (χ3n) is 5.33. The van der Waals surface area contributed by atoms with Crippen LogP contribution in [0.1, 0.15) is 124 Å². The highest BCUT2D eigenvalue weighted by Gasteiger charge is 2.12. The van der Waals surface area contributed by atoms with E-state index in [1.54, 1.807) is 0 Å². The molecule has 0 spiro atoms. The second-order valence-electron chi connectivity index (χ2n) is 8.49. The van der Waals surface area contributed by atoms with Gasteiger partial charge in [0, 0.05) is 6.54 Å². The van der Waals surface area contributed by atoms with Crippen LogP contribution in [0.2, 0.25) is 0 Å². The van der Waals surface area contributed by atoms with E-state index in [1.165, 1.54) is 83.5 Å². The molecule has 0 aliphatic heterocycles. The third kappa shape index (κ3) is 32.3. The van der Waals surface area contributed by atoms with Gasteiger partial charge in [-0.15, -0.1) is 0 Å². The first-order valence-corrected chi connectivity index (χ1v) is 14.5. The number of phosphoric acid groups is 1. The minimum atomic E-state index is -4.25. The van der Waals surface area contributed by atoms with Gasteiger partial charge in [-0.2, -0.15) is 0 Å². The zero-order chi connectivity index (χ0) is 23.6. The summed E-state index contributed by atoms with van der Waals surface area (Å²) in [5.41, 5.74) is 0. The molecule has 0 aromatic heterocycles. The van der Waals surface area contributed by atoms with E-state index in [4.69, 9.17) is 14.9 Å². The van der Waals surface area contributed by atoms with Gasteiger partial charge in [0.2, 0.25) is 0 Å². The third-order valence-corrected chi connectivity index (χ3v) is 5.85. The van der Waals surface area contributed by atoms with Gasteiger partial charge >= 0.3 is 7.82 Å². The van der Waals surface area contributed by atoms with Crippen molar-refractivity contribution in [1.82, 2.24) is 4.90 Å². The van der Waals surface area contributed by atoms with Crippen molar-refractivity contribution in [3.63, 3.8) is 0 Å². The fourth-order valence-electron chi connectivity index (χ4n) is 3.37. The van der Waals surface area contributed by atoms with E-state index in [1.807, 2.05) is 0 Å². The predicted octanol–water partition coefficient (Wildman–Crippen LogP) is 6.68.